The Morgan fingerprint density at radius 1 is 1.05 bits per heavy atom. The molecule has 0 aromatic heterocycles. The van der Waals surface area contributed by atoms with E-state index in [0.717, 1.165) is 0 Å². The molecule has 2 aliphatic rings. The van der Waals surface area contributed by atoms with Crippen molar-refractivity contribution in [1.29, 1.82) is 0 Å². The molecule has 1 aromatic carbocycles. The van der Waals surface area contributed by atoms with Crippen LogP contribution in [-0.2, 0) is 20.9 Å². The maximum absolute atomic E-state index is 13.3. The highest BCUT2D eigenvalue weighted by Gasteiger charge is 2.40. The first-order valence-electron chi connectivity index (χ1n) is 12.7. The summed E-state index contributed by atoms with van der Waals surface area (Å²) in [6.45, 7) is 13.0. The van der Waals surface area contributed by atoms with Crippen LogP contribution >= 0.6 is 23.2 Å². The topological polar surface area (TPSA) is 105 Å². The van der Waals surface area contributed by atoms with Crippen LogP contribution in [0.4, 0.5) is 4.79 Å². The maximum Gasteiger partial charge on any atom is 0.410 e. The second-order valence-corrected chi connectivity index (χ2v) is 14.7. The van der Waals surface area contributed by atoms with Gasteiger partial charge in [0.2, 0.25) is 5.91 Å². The van der Waals surface area contributed by atoms with E-state index >= 15 is 0 Å². The Morgan fingerprint density at radius 2 is 1.62 bits per heavy atom. The molecule has 1 unspecified atom stereocenters. The number of ether oxygens (including phenoxy) is 1. The molecular formula is C26H39Cl2N3O5S. The molecule has 0 radical (unpaired) electrons. The summed E-state index contributed by atoms with van der Waals surface area (Å²) in [5.41, 5.74) is -0.0361. The van der Waals surface area contributed by atoms with E-state index in [1.807, 2.05) is 46.4 Å². The largest absolute Gasteiger partial charge is 0.598 e. The number of phenolic OH excluding ortho intramolecular Hbond substituents is 1. The van der Waals surface area contributed by atoms with Gasteiger partial charge in [0.1, 0.15) is 16.1 Å². The number of piperidine rings is 1. The first kappa shape index (κ1) is 30.2. The summed E-state index contributed by atoms with van der Waals surface area (Å²) in [4.78, 5) is 29.1. The number of likely N-dealkylation sites (tertiary alicyclic amines) is 2. The van der Waals surface area contributed by atoms with E-state index in [1.54, 1.807) is 11.0 Å². The maximum atomic E-state index is 13.3. The average molecular weight is 577 g/mol. The summed E-state index contributed by atoms with van der Waals surface area (Å²) in [7, 11) is 0. The van der Waals surface area contributed by atoms with Crippen molar-refractivity contribution in [3.8, 4) is 5.75 Å². The minimum Gasteiger partial charge on any atom is -0.598 e. The van der Waals surface area contributed by atoms with Gasteiger partial charge >= 0.3 is 6.09 Å². The quantitative estimate of drug-likeness (QED) is 0.462. The lowest BCUT2D eigenvalue weighted by atomic mass is 9.85. The second-order valence-electron chi connectivity index (χ2n) is 11.9. The molecule has 2 amide bonds. The smallest absolute Gasteiger partial charge is 0.410 e. The third-order valence-corrected chi connectivity index (χ3v) is 9.01. The highest BCUT2D eigenvalue weighted by atomic mass is 35.5. The fraction of sp³-hybridized carbons (Fsp3) is 0.692. The zero-order chi connectivity index (χ0) is 27.7. The van der Waals surface area contributed by atoms with Crippen LogP contribution in [0.2, 0.25) is 10.0 Å². The van der Waals surface area contributed by atoms with Gasteiger partial charge in [0.25, 0.3) is 0 Å². The number of aromatic hydroxyl groups is 1. The molecule has 3 atom stereocenters. The summed E-state index contributed by atoms with van der Waals surface area (Å²) in [6.07, 6.45) is 1.55. The molecule has 3 rings (SSSR count). The average Bonchev–Trinajstić information content (AvgIpc) is 3.28. The van der Waals surface area contributed by atoms with Crippen molar-refractivity contribution in [1.82, 2.24) is 14.5 Å². The highest BCUT2D eigenvalue weighted by molar-refractivity contribution is 7.90. The van der Waals surface area contributed by atoms with Gasteiger partial charge in [-0.25, -0.2) is 4.79 Å². The van der Waals surface area contributed by atoms with Gasteiger partial charge in [-0.2, -0.15) is 0 Å². The monoisotopic (exact) mass is 575 g/mol. The predicted octanol–water partition coefficient (Wildman–Crippen LogP) is 5.29. The third-order valence-electron chi connectivity index (χ3n) is 6.71. The molecule has 2 heterocycles. The highest BCUT2D eigenvalue weighted by Crippen LogP contribution is 2.40. The molecule has 1 aromatic rings. The first-order chi connectivity index (χ1) is 17.1. The van der Waals surface area contributed by atoms with Crippen LogP contribution in [0.1, 0.15) is 72.4 Å². The van der Waals surface area contributed by atoms with Gasteiger partial charge in [-0.3, -0.25) is 4.79 Å². The van der Waals surface area contributed by atoms with Crippen molar-refractivity contribution >= 4 is 46.6 Å². The van der Waals surface area contributed by atoms with Crippen LogP contribution in [0.5, 0.6) is 5.75 Å². The Hall–Kier alpha value is -1.39. The van der Waals surface area contributed by atoms with Crippen LogP contribution in [0.3, 0.4) is 0 Å². The molecular weight excluding hydrogens is 537 g/mol. The number of halogens is 2. The van der Waals surface area contributed by atoms with Crippen LogP contribution < -0.4 is 4.72 Å². The Bertz CT molecular complexity index is 990. The number of benzene rings is 1. The number of carbonyl (C=O) groups excluding carboxylic acids is 2. The Morgan fingerprint density at radius 3 is 2.19 bits per heavy atom. The molecule has 0 aliphatic carbocycles. The van der Waals surface area contributed by atoms with E-state index in [0.29, 0.717) is 56.0 Å². The van der Waals surface area contributed by atoms with E-state index in [9.17, 15) is 19.2 Å². The summed E-state index contributed by atoms with van der Waals surface area (Å²) in [5, 5.41) is 11.2. The summed E-state index contributed by atoms with van der Waals surface area (Å²) >= 11 is 11.0. The van der Waals surface area contributed by atoms with E-state index in [-0.39, 0.29) is 34.6 Å². The molecule has 0 saturated carbocycles. The number of nitrogens with one attached hydrogen (secondary N) is 1. The van der Waals surface area contributed by atoms with Crippen LogP contribution in [0.25, 0.3) is 0 Å². The molecule has 2 fully saturated rings. The first-order valence-corrected chi connectivity index (χ1v) is 14.6. The minimum absolute atomic E-state index is 0.00972. The lowest BCUT2D eigenvalue weighted by Gasteiger charge is -2.38. The van der Waals surface area contributed by atoms with Crippen molar-refractivity contribution in [2.75, 3.05) is 26.2 Å². The standard InChI is InChI=1S/C26H39Cl2N3O5S/c1-25(2,3)36-24(34)31-12-9-17(15-31)23(33)30-10-7-16(8-11-30)22(29-37(35)26(4,5)6)18-13-19(27)20(28)14-21(18)32/h13-14,16-17,22,29,32H,7-12,15H2,1-6H3/t17-,22+,37?/m0/s1. The van der Waals surface area contributed by atoms with Gasteiger partial charge in [-0.05, 0) is 72.8 Å². The van der Waals surface area contributed by atoms with Crippen molar-refractivity contribution in [3.05, 3.63) is 27.7 Å². The molecule has 2 N–H and O–H groups in total. The Kier molecular flexibility index (Phi) is 9.60. The number of rotatable bonds is 5. The number of hydrogen-bond donors (Lipinski definition) is 2. The van der Waals surface area contributed by atoms with Gasteiger partial charge < -0.3 is 24.2 Å². The summed E-state index contributed by atoms with van der Waals surface area (Å²) < 4.78 is 21.2. The Labute approximate surface area is 233 Å². The number of phenols is 1. The zero-order valence-electron chi connectivity index (χ0n) is 22.5. The molecule has 0 spiro atoms. The van der Waals surface area contributed by atoms with Crippen molar-refractivity contribution in [2.24, 2.45) is 11.8 Å². The predicted molar refractivity (Wildman–Crippen MR) is 147 cm³/mol. The van der Waals surface area contributed by atoms with Gasteiger partial charge in [-0.1, -0.05) is 23.2 Å². The van der Waals surface area contributed by atoms with E-state index in [2.05, 4.69) is 4.72 Å². The molecule has 2 aliphatic heterocycles. The molecule has 208 valence electrons. The number of hydrogen-bond acceptors (Lipinski definition) is 6. The lowest BCUT2D eigenvalue weighted by Crippen LogP contribution is -2.47. The molecule has 37 heavy (non-hydrogen) atoms. The van der Waals surface area contributed by atoms with E-state index in [1.165, 1.54) is 6.07 Å². The van der Waals surface area contributed by atoms with E-state index in [4.69, 9.17) is 27.9 Å². The number of amides is 2. The van der Waals surface area contributed by atoms with Crippen molar-refractivity contribution < 1.29 is 24.0 Å². The number of carbonyl (C=O) groups is 2. The third kappa shape index (κ3) is 7.82. The van der Waals surface area contributed by atoms with Crippen molar-refractivity contribution in [3.63, 3.8) is 0 Å². The lowest BCUT2D eigenvalue weighted by molar-refractivity contribution is -0.136. The van der Waals surface area contributed by atoms with Crippen molar-refractivity contribution in [2.45, 2.75) is 77.2 Å². The van der Waals surface area contributed by atoms with Crippen LogP contribution in [-0.4, -0.2) is 68.0 Å². The molecule has 11 heteroatoms. The normalized spacial score (nSPS) is 21.2. The number of nitrogens with zero attached hydrogens (tertiary/aromatic N) is 2. The molecule has 2 saturated heterocycles. The van der Waals surface area contributed by atoms with Crippen LogP contribution in [0.15, 0.2) is 12.1 Å². The van der Waals surface area contributed by atoms with Gasteiger partial charge in [0.15, 0.2) is 0 Å². The van der Waals surface area contributed by atoms with E-state index < -0.39 is 27.8 Å². The summed E-state index contributed by atoms with van der Waals surface area (Å²) in [5.74, 6) is -0.194. The zero-order valence-corrected chi connectivity index (χ0v) is 24.8. The summed E-state index contributed by atoms with van der Waals surface area (Å²) in [6, 6.07) is 2.60. The fourth-order valence-corrected chi connectivity index (χ4v) is 5.91. The van der Waals surface area contributed by atoms with Crippen LogP contribution in [0, 0.1) is 11.8 Å². The molecule has 0 bridgehead atoms. The SMILES string of the molecule is CC(C)(C)OC(=O)N1CC[C@H](C(=O)N2CCC([C@@H](N[S+]([O-])C(C)(C)C)c3cc(Cl)c(Cl)cc3O)CC2)C1. The second kappa shape index (κ2) is 11.8. The minimum atomic E-state index is -1.39. The fourth-order valence-electron chi connectivity index (χ4n) is 4.67. The molecule has 8 nitrogen and oxygen atoms in total. The van der Waals surface area contributed by atoms with Gasteiger partial charge in [-0.15, -0.1) is 4.72 Å². The van der Waals surface area contributed by atoms with Gasteiger partial charge in [0.05, 0.1) is 22.0 Å². The Balaban J connectivity index is 1.67. The van der Waals surface area contributed by atoms with Gasteiger partial charge in [0, 0.05) is 49.2 Å².